The lowest BCUT2D eigenvalue weighted by atomic mass is 9.92. The molecule has 0 saturated carbocycles. The van der Waals surface area contributed by atoms with Crippen LogP contribution < -0.4 is 9.80 Å². The van der Waals surface area contributed by atoms with E-state index in [-0.39, 0.29) is 5.41 Å². The van der Waals surface area contributed by atoms with E-state index in [9.17, 15) is 0 Å². The number of fused-ring (bicyclic) bond motifs is 1. The van der Waals surface area contributed by atoms with Crippen LogP contribution in [0, 0.1) is 25.7 Å². The lowest BCUT2D eigenvalue weighted by Crippen LogP contribution is -2.30. The zero-order chi connectivity index (χ0) is 18.5. The summed E-state index contributed by atoms with van der Waals surface area (Å²) in [7, 11) is 0. The van der Waals surface area contributed by atoms with Crippen molar-refractivity contribution in [3.63, 3.8) is 0 Å². The van der Waals surface area contributed by atoms with Gasteiger partial charge >= 0.3 is 0 Å². The van der Waals surface area contributed by atoms with Gasteiger partial charge in [0, 0.05) is 60.9 Å². The van der Waals surface area contributed by atoms with Crippen molar-refractivity contribution >= 4 is 11.8 Å². The maximum Gasteiger partial charge on any atom is 0.225 e. The molecule has 2 saturated heterocycles. The van der Waals surface area contributed by atoms with E-state index in [1.807, 2.05) is 19.9 Å². The molecule has 4 rings (SSSR count). The number of hydrogen-bond acceptors (Lipinski definition) is 6. The quantitative estimate of drug-likeness (QED) is 0.828. The molecule has 2 atom stereocenters. The lowest BCUT2D eigenvalue weighted by Gasteiger charge is -2.24. The van der Waals surface area contributed by atoms with Gasteiger partial charge in [-0.15, -0.1) is 0 Å². The zero-order valence-electron chi connectivity index (χ0n) is 16.4. The average molecular weight is 352 g/mol. The second-order valence-corrected chi connectivity index (χ2v) is 8.79. The molecule has 0 radical (unpaired) electrons. The lowest BCUT2D eigenvalue weighted by molar-refractivity contribution is 0.533. The first-order valence-corrected chi connectivity index (χ1v) is 9.44. The molecule has 2 aliphatic rings. The Kier molecular flexibility index (Phi) is 4.09. The number of hydrogen-bond donors (Lipinski definition) is 0. The average Bonchev–Trinajstić information content (AvgIpc) is 3.12. The fourth-order valence-corrected chi connectivity index (χ4v) is 4.12. The van der Waals surface area contributed by atoms with Crippen LogP contribution in [0.3, 0.4) is 0 Å². The Morgan fingerprint density at radius 1 is 0.846 bits per heavy atom. The highest BCUT2D eigenvalue weighted by molar-refractivity contribution is 5.44. The van der Waals surface area contributed by atoms with E-state index < -0.39 is 0 Å². The van der Waals surface area contributed by atoms with Crippen molar-refractivity contribution < 1.29 is 0 Å². The number of nitrogens with zero attached hydrogens (tertiary/aromatic N) is 6. The summed E-state index contributed by atoms with van der Waals surface area (Å²) in [5.41, 5.74) is 3.23. The Morgan fingerprint density at radius 3 is 2.00 bits per heavy atom. The van der Waals surface area contributed by atoms with Gasteiger partial charge in [-0.25, -0.2) is 19.9 Å². The van der Waals surface area contributed by atoms with Crippen molar-refractivity contribution in [2.75, 3.05) is 36.0 Å². The summed E-state index contributed by atoms with van der Waals surface area (Å²) in [6, 6.07) is 4.19. The first kappa shape index (κ1) is 17.2. The third kappa shape index (κ3) is 3.24. The molecule has 6 heteroatoms. The number of aryl methyl sites for hydroxylation is 2. The van der Waals surface area contributed by atoms with Crippen LogP contribution in [0.25, 0.3) is 0 Å². The van der Waals surface area contributed by atoms with Gasteiger partial charge in [-0.05, 0) is 19.9 Å². The molecule has 4 heterocycles. The zero-order valence-corrected chi connectivity index (χ0v) is 16.4. The summed E-state index contributed by atoms with van der Waals surface area (Å²) < 4.78 is 0. The van der Waals surface area contributed by atoms with E-state index >= 15 is 0 Å². The minimum atomic E-state index is 0.0461. The first-order chi connectivity index (χ1) is 12.3. The molecule has 6 nitrogen and oxygen atoms in total. The van der Waals surface area contributed by atoms with Crippen molar-refractivity contribution in [3.05, 3.63) is 35.5 Å². The molecule has 138 valence electrons. The highest BCUT2D eigenvalue weighted by Crippen LogP contribution is 2.35. The third-order valence-corrected chi connectivity index (χ3v) is 5.48. The fraction of sp³-hybridized carbons (Fsp3) is 0.600. The SMILES string of the molecule is Cc1cc(C)nc(N2CC3CN(c4cc(C(C)(C)C)ncn4)CC3C2)n1. The fourth-order valence-electron chi connectivity index (χ4n) is 4.12. The topological polar surface area (TPSA) is 58.0 Å². The van der Waals surface area contributed by atoms with Gasteiger partial charge in [0.05, 0.1) is 5.69 Å². The highest BCUT2D eigenvalue weighted by atomic mass is 15.3. The van der Waals surface area contributed by atoms with Crippen LogP contribution in [0.4, 0.5) is 11.8 Å². The maximum atomic E-state index is 4.64. The predicted molar refractivity (Wildman–Crippen MR) is 104 cm³/mol. The summed E-state index contributed by atoms with van der Waals surface area (Å²) in [5.74, 6) is 3.24. The van der Waals surface area contributed by atoms with E-state index in [0.717, 1.165) is 55.0 Å². The monoisotopic (exact) mass is 352 g/mol. The molecule has 0 spiro atoms. The molecule has 0 aromatic carbocycles. The Hall–Kier alpha value is -2.24. The third-order valence-electron chi connectivity index (χ3n) is 5.48. The predicted octanol–water partition coefficient (Wildman–Crippen LogP) is 2.75. The van der Waals surface area contributed by atoms with Crippen molar-refractivity contribution in [2.45, 2.75) is 40.0 Å². The standard InChI is InChI=1S/C20H28N6/c1-13-6-14(2)24-19(23-13)26-10-15-8-25(9-16(15)11-26)18-7-17(20(3,4)5)21-12-22-18/h6-7,12,15-16H,8-11H2,1-5H3. The van der Waals surface area contributed by atoms with Crippen LogP contribution in [-0.2, 0) is 5.41 Å². The molecule has 0 bridgehead atoms. The van der Waals surface area contributed by atoms with Crippen LogP contribution in [0.5, 0.6) is 0 Å². The van der Waals surface area contributed by atoms with Gasteiger partial charge in [-0.2, -0.15) is 0 Å². The normalized spacial score (nSPS) is 22.8. The molecule has 2 aromatic rings. The molecule has 26 heavy (non-hydrogen) atoms. The molecular formula is C20H28N6. The summed E-state index contributed by atoms with van der Waals surface area (Å²) >= 11 is 0. The van der Waals surface area contributed by atoms with Gasteiger partial charge in [0.1, 0.15) is 12.1 Å². The summed E-state index contributed by atoms with van der Waals surface area (Å²) in [6.07, 6.45) is 1.71. The van der Waals surface area contributed by atoms with Crippen molar-refractivity contribution in [1.82, 2.24) is 19.9 Å². The molecule has 0 N–H and O–H groups in total. The highest BCUT2D eigenvalue weighted by Gasteiger charge is 2.41. The number of rotatable bonds is 2. The van der Waals surface area contributed by atoms with E-state index in [2.05, 4.69) is 56.6 Å². The summed E-state index contributed by atoms with van der Waals surface area (Å²) in [6.45, 7) is 14.8. The van der Waals surface area contributed by atoms with E-state index in [0.29, 0.717) is 11.8 Å². The number of anilines is 2. The van der Waals surface area contributed by atoms with Gasteiger partial charge in [0.25, 0.3) is 0 Å². The molecule has 0 aliphatic carbocycles. The molecule has 2 unspecified atom stereocenters. The second-order valence-electron chi connectivity index (χ2n) is 8.79. The van der Waals surface area contributed by atoms with Gasteiger partial charge in [0.2, 0.25) is 5.95 Å². The van der Waals surface area contributed by atoms with Crippen molar-refractivity contribution in [3.8, 4) is 0 Å². The summed E-state index contributed by atoms with van der Waals surface area (Å²) in [4.78, 5) is 23.1. The van der Waals surface area contributed by atoms with Crippen LogP contribution in [0.2, 0.25) is 0 Å². The van der Waals surface area contributed by atoms with E-state index in [4.69, 9.17) is 0 Å². The van der Waals surface area contributed by atoms with Crippen LogP contribution in [0.1, 0.15) is 37.9 Å². The minimum Gasteiger partial charge on any atom is -0.356 e. The van der Waals surface area contributed by atoms with Gasteiger partial charge < -0.3 is 9.80 Å². The second kappa shape index (κ2) is 6.18. The molecule has 2 aliphatic heterocycles. The minimum absolute atomic E-state index is 0.0461. The smallest absolute Gasteiger partial charge is 0.225 e. The largest absolute Gasteiger partial charge is 0.356 e. The maximum absolute atomic E-state index is 4.64. The van der Waals surface area contributed by atoms with Gasteiger partial charge in [-0.1, -0.05) is 20.8 Å². The Balaban J connectivity index is 1.47. The van der Waals surface area contributed by atoms with Crippen molar-refractivity contribution in [2.24, 2.45) is 11.8 Å². The summed E-state index contributed by atoms with van der Waals surface area (Å²) in [5, 5.41) is 0. The van der Waals surface area contributed by atoms with Gasteiger partial charge in [0.15, 0.2) is 0 Å². The Bertz CT molecular complexity index is 778. The van der Waals surface area contributed by atoms with Crippen LogP contribution >= 0.6 is 0 Å². The van der Waals surface area contributed by atoms with Gasteiger partial charge in [-0.3, -0.25) is 0 Å². The molecule has 2 aromatic heterocycles. The van der Waals surface area contributed by atoms with Crippen LogP contribution in [0.15, 0.2) is 18.5 Å². The van der Waals surface area contributed by atoms with Crippen molar-refractivity contribution in [1.29, 1.82) is 0 Å². The molecule has 2 fully saturated rings. The molecular weight excluding hydrogens is 324 g/mol. The van der Waals surface area contributed by atoms with Crippen LogP contribution in [-0.4, -0.2) is 46.1 Å². The van der Waals surface area contributed by atoms with E-state index in [1.165, 1.54) is 0 Å². The Labute approximate surface area is 155 Å². The first-order valence-electron chi connectivity index (χ1n) is 9.44. The molecule has 0 amide bonds. The van der Waals surface area contributed by atoms with E-state index in [1.54, 1.807) is 6.33 Å². The Morgan fingerprint density at radius 2 is 1.42 bits per heavy atom. The number of aromatic nitrogens is 4.